The third-order valence-corrected chi connectivity index (χ3v) is 6.93. The van der Waals surface area contributed by atoms with Crippen LogP contribution in [0.2, 0.25) is 0 Å². The smallest absolute Gasteiger partial charge is 0.223 e. The summed E-state index contributed by atoms with van der Waals surface area (Å²) in [7, 11) is 0. The molecule has 1 heterocycles. The van der Waals surface area contributed by atoms with Gasteiger partial charge in [-0.3, -0.25) is 4.79 Å². The van der Waals surface area contributed by atoms with Gasteiger partial charge in [0.05, 0.1) is 0 Å². The number of carbonyl (C=O) groups is 1. The first-order valence-electron chi connectivity index (χ1n) is 9.20. The van der Waals surface area contributed by atoms with Gasteiger partial charge in [-0.15, -0.1) is 0 Å². The first-order valence-corrected chi connectivity index (χ1v) is 9.20. The first kappa shape index (κ1) is 14.0. The minimum atomic E-state index is 0.248. The average molecular weight is 290 g/mol. The zero-order valence-corrected chi connectivity index (χ0v) is 13.3. The number of rotatable bonds is 3. The van der Waals surface area contributed by atoms with Crippen LogP contribution in [-0.4, -0.2) is 25.0 Å². The van der Waals surface area contributed by atoms with Crippen molar-refractivity contribution in [2.24, 2.45) is 35.5 Å². The van der Waals surface area contributed by atoms with E-state index in [0.717, 1.165) is 55.5 Å². The Bertz CT molecular complexity index is 380. The van der Waals surface area contributed by atoms with Gasteiger partial charge in [-0.1, -0.05) is 0 Å². The summed E-state index contributed by atoms with van der Waals surface area (Å²) in [5.41, 5.74) is 0. The van der Waals surface area contributed by atoms with Crippen LogP contribution in [0, 0.1) is 35.5 Å². The minimum absolute atomic E-state index is 0.248. The number of piperidine rings is 1. The molecule has 1 aliphatic heterocycles. The zero-order chi connectivity index (χ0) is 14.4. The van der Waals surface area contributed by atoms with E-state index in [0.29, 0.717) is 11.9 Å². The Kier molecular flexibility index (Phi) is 3.72. The molecule has 2 atom stereocenters. The molecule has 0 unspecified atom stereocenters. The number of amides is 1. The summed E-state index contributed by atoms with van der Waals surface area (Å²) in [6.45, 7) is 4.15. The molecule has 5 fully saturated rings. The molecule has 5 rings (SSSR count). The van der Waals surface area contributed by atoms with Crippen LogP contribution in [0.15, 0.2) is 0 Å². The van der Waals surface area contributed by atoms with Crippen molar-refractivity contribution in [2.75, 3.05) is 13.1 Å². The highest BCUT2D eigenvalue weighted by Crippen LogP contribution is 2.56. The van der Waals surface area contributed by atoms with Crippen molar-refractivity contribution < 1.29 is 4.79 Å². The fourth-order valence-electron chi connectivity index (χ4n) is 6.10. The van der Waals surface area contributed by atoms with E-state index in [1.165, 1.54) is 32.1 Å². The summed E-state index contributed by atoms with van der Waals surface area (Å²) >= 11 is 0. The fourth-order valence-corrected chi connectivity index (χ4v) is 6.10. The van der Waals surface area contributed by atoms with Crippen LogP contribution >= 0.6 is 0 Å². The predicted molar refractivity (Wildman–Crippen MR) is 83.7 cm³/mol. The molecule has 21 heavy (non-hydrogen) atoms. The van der Waals surface area contributed by atoms with Crippen LogP contribution in [0.25, 0.3) is 0 Å². The van der Waals surface area contributed by atoms with Gasteiger partial charge in [0, 0.05) is 18.5 Å². The monoisotopic (exact) mass is 290 g/mol. The summed E-state index contributed by atoms with van der Waals surface area (Å²) in [5, 5.41) is 6.77. The Morgan fingerprint density at radius 1 is 1.05 bits per heavy atom. The Morgan fingerprint density at radius 3 is 2.33 bits per heavy atom. The molecule has 118 valence electrons. The highest BCUT2D eigenvalue weighted by molar-refractivity contribution is 5.78. The quantitative estimate of drug-likeness (QED) is 0.839. The van der Waals surface area contributed by atoms with Crippen molar-refractivity contribution in [3.8, 4) is 0 Å². The van der Waals surface area contributed by atoms with Crippen molar-refractivity contribution in [1.29, 1.82) is 0 Å². The highest BCUT2D eigenvalue weighted by Gasteiger charge is 2.48. The second-order valence-corrected chi connectivity index (χ2v) is 8.42. The largest absolute Gasteiger partial charge is 0.356 e. The van der Waals surface area contributed by atoms with E-state index in [-0.39, 0.29) is 5.92 Å². The third-order valence-electron chi connectivity index (χ3n) is 6.93. The van der Waals surface area contributed by atoms with Crippen molar-refractivity contribution in [2.45, 2.75) is 57.9 Å². The lowest BCUT2D eigenvalue weighted by atomic mass is 9.52. The molecule has 0 aromatic carbocycles. The zero-order valence-electron chi connectivity index (χ0n) is 13.3. The number of hydrogen-bond donors (Lipinski definition) is 2. The molecule has 4 aliphatic carbocycles. The van der Waals surface area contributed by atoms with Gasteiger partial charge >= 0.3 is 0 Å². The summed E-state index contributed by atoms with van der Waals surface area (Å²) in [6, 6.07) is 0.496. The van der Waals surface area contributed by atoms with E-state index in [9.17, 15) is 4.79 Å². The lowest BCUT2D eigenvalue weighted by molar-refractivity contribution is -0.127. The van der Waals surface area contributed by atoms with E-state index >= 15 is 0 Å². The van der Waals surface area contributed by atoms with Gasteiger partial charge in [0.25, 0.3) is 0 Å². The minimum Gasteiger partial charge on any atom is -0.356 e. The Labute approximate surface area is 128 Å². The number of hydrogen-bond acceptors (Lipinski definition) is 2. The van der Waals surface area contributed by atoms with E-state index in [2.05, 4.69) is 17.6 Å². The van der Waals surface area contributed by atoms with Gasteiger partial charge in [-0.25, -0.2) is 0 Å². The highest BCUT2D eigenvalue weighted by atomic mass is 16.1. The maximum Gasteiger partial charge on any atom is 0.223 e. The third kappa shape index (κ3) is 2.74. The van der Waals surface area contributed by atoms with Gasteiger partial charge in [-0.2, -0.15) is 0 Å². The van der Waals surface area contributed by atoms with Crippen LogP contribution in [-0.2, 0) is 4.79 Å². The van der Waals surface area contributed by atoms with E-state index in [1.807, 2.05) is 0 Å². The molecule has 0 aromatic heterocycles. The summed E-state index contributed by atoms with van der Waals surface area (Å²) in [5.74, 6) is 5.28. The normalized spacial score (nSPS) is 48.3. The van der Waals surface area contributed by atoms with Gasteiger partial charge < -0.3 is 10.6 Å². The molecular weight excluding hydrogens is 260 g/mol. The van der Waals surface area contributed by atoms with Crippen molar-refractivity contribution in [1.82, 2.24) is 10.6 Å². The van der Waals surface area contributed by atoms with Crippen LogP contribution < -0.4 is 10.6 Å². The number of carbonyl (C=O) groups excluding carboxylic acids is 1. The second kappa shape index (κ2) is 5.57. The summed E-state index contributed by atoms with van der Waals surface area (Å²) in [4.78, 5) is 12.4. The van der Waals surface area contributed by atoms with Crippen molar-refractivity contribution in [3.63, 3.8) is 0 Å². The Morgan fingerprint density at radius 2 is 1.71 bits per heavy atom. The maximum atomic E-state index is 12.4. The predicted octanol–water partition coefficient (Wildman–Crippen LogP) is 2.56. The molecule has 1 amide bonds. The van der Waals surface area contributed by atoms with E-state index < -0.39 is 0 Å². The van der Waals surface area contributed by atoms with Gasteiger partial charge in [0.15, 0.2) is 0 Å². The molecule has 3 nitrogen and oxygen atoms in total. The first-order chi connectivity index (χ1) is 10.2. The molecule has 4 saturated carbocycles. The number of nitrogens with one attached hydrogen (secondary N) is 2. The second-order valence-electron chi connectivity index (χ2n) is 8.42. The van der Waals surface area contributed by atoms with Gasteiger partial charge in [-0.05, 0) is 88.0 Å². The average Bonchev–Trinajstić information content (AvgIpc) is 2.45. The van der Waals surface area contributed by atoms with Crippen molar-refractivity contribution in [3.05, 3.63) is 0 Å². The molecule has 4 bridgehead atoms. The van der Waals surface area contributed by atoms with Crippen LogP contribution in [0.4, 0.5) is 0 Å². The van der Waals surface area contributed by atoms with E-state index in [1.54, 1.807) is 0 Å². The molecular formula is C18H30N2O. The molecule has 1 saturated heterocycles. The maximum absolute atomic E-state index is 12.4. The van der Waals surface area contributed by atoms with E-state index in [4.69, 9.17) is 0 Å². The Balaban J connectivity index is 1.31. The van der Waals surface area contributed by atoms with Crippen LogP contribution in [0.3, 0.4) is 0 Å². The Hall–Kier alpha value is -0.570. The fraction of sp³-hybridized carbons (Fsp3) is 0.944. The SMILES string of the molecule is C[C@H]1C[C@@H](C(=O)NCC2C3CC4CC(C3)CC2C4)CCN1. The lowest BCUT2D eigenvalue weighted by Gasteiger charge is -2.54. The molecule has 0 aromatic rings. The summed E-state index contributed by atoms with van der Waals surface area (Å²) < 4.78 is 0. The standard InChI is InChI=1S/C18H30N2O/c1-11-4-14(2-3-19-11)18(21)20-10-17-15-6-12-5-13(8-15)9-16(17)7-12/h11-17,19H,2-10H2,1H3,(H,20,21)/t11-,12?,13?,14-,15?,16?,17?/m0/s1. The van der Waals surface area contributed by atoms with Gasteiger partial charge in [0.1, 0.15) is 0 Å². The van der Waals surface area contributed by atoms with Gasteiger partial charge in [0.2, 0.25) is 5.91 Å². The molecule has 2 N–H and O–H groups in total. The molecule has 0 spiro atoms. The summed E-state index contributed by atoms with van der Waals surface area (Å²) in [6.07, 6.45) is 9.36. The molecule has 5 aliphatic rings. The lowest BCUT2D eigenvalue weighted by Crippen LogP contribution is -2.50. The molecule has 3 heteroatoms. The van der Waals surface area contributed by atoms with Crippen LogP contribution in [0.5, 0.6) is 0 Å². The van der Waals surface area contributed by atoms with Crippen molar-refractivity contribution >= 4 is 5.91 Å². The van der Waals surface area contributed by atoms with Crippen LogP contribution in [0.1, 0.15) is 51.9 Å². The topological polar surface area (TPSA) is 41.1 Å². The molecule has 0 radical (unpaired) electrons.